The maximum Gasteiger partial charge on any atom is 0.242 e. The molecule has 0 saturated carbocycles. The Morgan fingerprint density at radius 2 is 1.69 bits per heavy atom. The lowest BCUT2D eigenvalue weighted by Gasteiger charge is -2.31. The molecule has 1 N–H and O–H groups in total. The summed E-state index contributed by atoms with van der Waals surface area (Å²) in [6, 6.07) is 16.9. The molecule has 0 spiro atoms. The highest BCUT2D eigenvalue weighted by molar-refractivity contribution is 6.31. The molecule has 0 heterocycles. The summed E-state index contributed by atoms with van der Waals surface area (Å²) in [4.78, 5) is 27.8. The van der Waals surface area contributed by atoms with Crippen LogP contribution in [-0.4, -0.2) is 35.8 Å². The second-order valence-electron chi connectivity index (χ2n) is 7.65. The molecule has 0 aliphatic heterocycles. The van der Waals surface area contributed by atoms with E-state index >= 15 is 0 Å². The van der Waals surface area contributed by atoms with Crippen molar-refractivity contribution >= 4 is 23.4 Å². The second kappa shape index (κ2) is 11.6. The summed E-state index contributed by atoms with van der Waals surface area (Å²) >= 11 is 6.26. The molecule has 2 aromatic carbocycles. The number of carbonyl (C=O) groups is 2. The predicted molar refractivity (Wildman–Crippen MR) is 119 cm³/mol. The second-order valence-corrected chi connectivity index (χ2v) is 8.06. The molecule has 5 heteroatoms. The van der Waals surface area contributed by atoms with Gasteiger partial charge < -0.3 is 10.2 Å². The number of benzene rings is 2. The molecule has 4 nitrogen and oxygen atoms in total. The maximum absolute atomic E-state index is 13.2. The molecule has 29 heavy (non-hydrogen) atoms. The first-order chi connectivity index (χ1) is 13.9. The van der Waals surface area contributed by atoms with Crippen molar-refractivity contribution in [2.45, 2.75) is 46.1 Å². The average Bonchev–Trinajstić information content (AvgIpc) is 2.71. The van der Waals surface area contributed by atoms with Gasteiger partial charge in [-0.15, -0.1) is 0 Å². The van der Waals surface area contributed by atoms with Crippen LogP contribution in [0.25, 0.3) is 0 Å². The minimum absolute atomic E-state index is 0.0828. The van der Waals surface area contributed by atoms with E-state index in [0.29, 0.717) is 36.9 Å². The van der Waals surface area contributed by atoms with Crippen LogP contribution in [0.3, 0.4) is 0 Å². The number of hydrogen-bond acceptors (Lipinski definition) is 2. The van der Waals surface area contributed by atoms with E-state index in [0.717, 1.165) is 11.1 Å². The standard InChI is InChI=1S/C24H31ClN2O2/c1-4-22(24(29)26-17-18(2)3)27(15-14-19-10-6-5-7-11-19)23(28)16-20-12-8-9-13-21(20)25/h5-13,18,22H,4,14-17H2,1-3H3,(H,26,29). The van der Waals surface area contributed by atoms with Gasteiger partial charge in [-0.2, -0.15) is 0 Å². The molecular weight excluding hydrogens is 384 g/mol. The summed E-state index contributed by atoms with van der Waals surface area (Å²) in [5, 5.41) is 3.55. The molecule has 0 radical (unpaired) electrons. The van der Waals surface area contributed by atoms with Gasteiger partial charge in [0.2, 0.25) is 11.8 Å². The van der Waals surface area contributed by atoms with Crippen molar-refractivity contribution in [2.24, 2.45) is 5.92 Å². The van der Waals surface area contributed by atoms with Gasteiger partial charge in [-0.05, 0) is 36.0 Å². The Morgan fingerprint density at radius 3 is 2.31 bits per heavy atom. The number of nitrogens with one attached hydrogen (secondary N) is 1. The van der Waals surface area contributed by atoms with Gasteiger partial charge in [0.1, 0.15) is 6.04 Å². The quantitative estimate of drug-likeness (QED) is 0.622. The van der Waals surface area contributed by atoms with Crippen LogP contribution in [0.1, 0.15) is 38.3 Å². The molecule has 2 rings (SSSR count). The Balaban J connectivity index is 2.19. The normalized spacial score (nSPS) is 11.9. The van der Waals surface area contributed by atoms with Gasteiger partial charge >= 0.3 is 0 Å². The van der Waals surface area contributed by atoms with Gasteiger partial charge in [0.15, 0.2) is 0 Å². The summed E-state index contributed by atoms with van der Waals surface area (Å²) in [7, 11) is 0. The molecular formula is C24H31ClN2O2. The molecule has 0 aliphatic rings. The molecule has 1 unspecified atom stereocenters. The first-order valence-corrected chi connectivity index (χ1v) is 10.6. The summed E-state index contributed by atoms with van der Waals surface area (Å²) in [5.74, 6) is 0.176. The van der Waals surface area contributed by atoms with Crippen LogP contribution in [0.2, 0.25) is 5.02 Å². The number of halogens is 1. The van der Waals surface area contributed by atoms with E-state index in [9.17, 15) is 9.59 Å². The highest BCUT2D eigenvalue weighted by atomic mass is 35.5. The summed E-state index contributed by atoms with van der Waals surface area (Å²) < 4.78 is 0. The SMILES string of the molecule is CCC(C(=O)NCC(C)C)N(CCc1ccccc1)C(=O)Cc1ccccc1Cl. The lowest BCUT2D eigenvalue weighted by Crippen LogP contribution is -2.51. The molecule has 0 aliphatic carbocycles. The zero-order valence-electron chi connectivity index (χ0n) is 17.5. The van der Waals surface area contributed by atoms with Gasteiger partial charge in [0.05, 0.1) is 6.42 Å². The number of nitrogens with zero attached hydrogens (tertiary/aromatic N) is 1. The largest absolute Gasteiger partial charge is 0.354 e. The topological polar surface area (TPSA) is 49.4 Å². The molecule has 0 saturated heterocycles. The van der Waals surface area contributed by atoms with Crippen molar-refractivity contribution in [3.63, 3.8) is 0 Å². The Morgan fingerprint density at radius 1 is 1.03 bits per heavy atom. The van der Waals surface area contributed by atoms with Gasteiger partial charge in [0.25, 0.3) is 0 Å². The van der Waals surface area contributed by atoms with Crippen molar-refractivity contribution in [3.05, 3.63) is 70.7 Å². The van der Waals surface area contributed by atoms with Gasteiger partial charge in [-0.1, -0.05) is 80.9 Å². The van der Waals surface area contributed by atoms with E-state index in [1.54, 1.807) is 11.0 Å². The Bertz CT molecular complexity index is 792. The number of amides is 2. The van der Waals surface area contributed by atoms with Crippen LogP contribution in [0.5, 0.6) is 0 Å². The average molecular weight is 415 g/mol. The lowest BCUT2D eigenvalue weighted by atomic mass is 10.1. The third kappa shape index (κ3) is 7.21. The van der Waals surface area contributed by atoms with E-state index in [-0.39, 0.29) is 18.2 Å². The van der Waals surface area contributed by atoms with Crippen molar-refractivity contribution in [3.8, 4) is 0 Å². The van der Waals surface area contributed by atoms with Crippen molar-refractivity contribution in [1.29, 1.82) is 0 Å². The minimum Gasteiger partial charge on any atom is -0.354 e. The molecule has 156 valence electrons. The predicted octanol–water partition coefficient (Wildman–Crippen LogP) is 4.50. The Hall–Kier alpha value is -2.33. The van der Waals surface area contributed by atoms with Crippen LogP contribution < -0.4 is 5.32 Å². The number of rotatable bonds is 10. The van der Waals surface area contributed by atoms with Crippen LogP contribution in [0, 0.1) is 5.92 Å². The number of carbonyl (C=O) groups excluding carboxylic acids is 2. The molecule has 1 atom stereocenters. The van der Waals surface area contributed by atoms with Crippen molar-refractivity contribution < 1.29 is 9.59 Å². The molecule has 0 fully saturated rings. The van der Waals surface area contributed by atoms with E-state index in [2.05, 4.69) is 19.2 Å². The first-order valence-electron chi connectivity index (χ1n) is 10.3. The lowest BCUT2D eigenvalue weighted by molar-refractivity contribution is -0.140. The molecule has 0 aromatic heterocycles. The molecule has 2 amide bonds. The molecule has 2 aromatic rings. The summed E-state index contributed by atoms with van der Waals surface area (Å²) in [6.07, 6.45) is 1.44. The minimum atomic E-state index is -0.493. The third-order valence-electron chi connectivity index (χ3n) is 4.85. The van der Waals surface area contributed by atoms with Gasteiger partial charge in [0, 0.05) is 18.1 Å². The van der Waals surface area contributed by atoms with Crippen LogP contribution in [0.15, 0.2) is 54.6 Å². The highest BCUT2D eigenvalue weighted by Gasteiger charge is 2.28. The fraction of sp³-hybridized carbons (Fsp3) is 0.417. The number of hydrogen-bond donors (Lipinski definition) is 1. The third-order valence-corrected chi connectivity index (χ3v) is 5.22. The fourth-order valence-electron chi connectivity index (χ4n) is 3.22. The van der Waals surface area contributed by atoms with Crippen LogP contribution >= 0.6 is 11.6 Å². The van der Waals surface area contributed by atoms with Crippen LogP contribution in [0.4, 0.5) is 0 Å². The highest BCUT2D eigenvalue weighted by Crippen LogP contribution is 2.18. The zero-order valence-corrected chi connectivity index (χ0v) is 18.3. The van der Waals surface area contributed by atoms with Crippen LogP contribution in [-0.2, 0) is 22.4 Å². The smallest absolute Gasteiger partial charge is 0.242 e. The van der Waals surface area contributed by atoms with Crippen molar-refractivity contribution in [2.75, 3.05) is 13.1 Å². The van der Waals surface area contributed by atoms with E-state index in [1.807, 2.05) is 55.5 Å². The summed E-state index contributed by atoms with van der Waals surface area (Å²) in [5.41, 5.74) is 1.92. The Kier molecular flexibility index (Phi) is 9.20. The van der Waals surface area contributed by atoms with Gasteiger partial charge in [-0.3, -0.25) is 9.59 Å². The summed E-state index contributed by atoms with van der Waals surface area (Å²) in [6.45, 7) is 7.13. The van der Waals surface area contributed by atoms with E-state index in [4.69, 9.17) is 11.6 Å². The fourth-order valence-corrected chi connectivity index (χ4v) is 3.43. The van der Waals surface area contributed by atoms with Crippen molar-refractivity contribution in [1.82, 2.24) is 10.2 Å². The van der Waals surface area contributed by atoms with E-state index < -0.39 is 6.04 Å². The molecule has 0 bridgehead atoms. The zero-order chi connectivity index (χ0) is 21.2. The van der Waals surface area contributed by atoms with E-state index in [1.165, 1.54) is 0 Å². The monoisotopic (exact) mass is 414 g/mol. The Labute approximate surface area is 179 Å². The maximum atomic E-state index is 13.2. The first kappa shape index (κ1) is 23.0. The van der Waals surface area contributed by atoms with Gasteiger partial charge in [-0.25, -0.2) is 0 Å².